The number of anilines is 1. The van der Waals surface area contributed by atoms with E-state index in [0.29, 0.717) is 36.8 Å². The van der Waals surface area contributed by atoms with Crippen LogP contribution >= 0.6 is 11.3 Å². The van der Waals surface area contributed by atoms with Crippen LogP contribution in [0, 0.1) is 26.7 Å². The highest BCUT2D eigenvalue weighted by Gasteiger charge is 2.33. The number of nitrogens with one attached hydrogen (secondary N) is 1. The molecule has 1 saturated heterocycles. The number of aromatic nitrogens is 2. The third kappa shape index (κ3) is 4.56. The standard InChI is InChI=1S/C21H24N4O4S2/c1-13-6-8-17(9-7-13)31(27,28)25-10-4-5-16(12-25)21(26)23-18-11-19(30-14(18)2)20-22-15(3)29-24-20/h6-9,11,16H,4-5,10,12H2,1-3H3,(H,23,26)/t16-/m0/s1. The largest absolute Gasteiger partial charge is 0.339 e. The Labute approximate surface area is 185 Å². The molecule has 0 bridgehead atoms. The van der Waals surface area contributed by atoms with Gasteiger partial charge in [-0.2, -0.15) is 9.29 Å². The van der Waals surface area contributed by atoms with E-state index in [2.05, 4.69) is 15.5 Å². The lowest BCUT2D eigenvalue weighted by atomic mass is 9.99. The van der Waals surface area contributed by atoms with Crippen LogP contribution in [0.5, 0.6) is 0 Å². The van der Waals surface area contributed by atoms with Crippen LogP contribution in [0.25, 0.3) is 10.7 Å². The lowest BCUT2D eigenvalue weighted by Crippen LogP contribution is -2.43. The van der Waals surface area contributed by atoms with Crippen LogP contribution in [0.3, 0.4) is 0 Å². The number of hydrogen-bond acceptors (Lipinski definition) is 7. The molecule has 1 fully saturated rings. The lowest BCUT2D eigenvalue weighted by Gasteiger charge is -2.31. The van der Waals surface area contributed by atoms with Crippen LogP contribution in [0.4, 0.5) is 5.69 Å². The van der Waals surface area contributed by atoms with E-state index in [1.165, 1.54) is 15.6 Å². The Kier molecular flexibility index (Phi) is 5.96. The van der Waals surface area contributed by atoms with E-state index in [9.17, 15) is 13.2 Å². The molecule has 8 nitrogen and oxygen atoms in total. The second-order valence-electron chi connectivity index (χ2n) is 7.72. The van der Waals surface area contributed by atoms with Gasteiger partial charge in [-0.1, -0.05) is 22.9 Å². The molecule has 1 atom stereocenters. The fourth-order valence-corrected chi connectivity index (χ4v) is 6.01. The Morgan fingerprint density at radius 3 is 2.65 bits per heavy atom. The first-order chi connectivity index (χ1) is 14.7. The summed E-state index contributed by atoms with van der Waals surface area (Å²) in [5, 5.41) is 6.88. The topological polar surface area (TPSA) is 105 Å². The number of hydrogen-bond donors (Lipinski definition) is 1. The van der Waals surface area contributed by atoms with Crippen molar-refractivity contribution in [2.45, 2.75) is 38.5 Å². The van der Waals surface area contributed by atoms with Crippen molar-refractivity contribution in [3.63, 3.8) is 0 Å². The third-order valence-electron chi connectivity index (χ3n) is 5.34. The van der Waals surface area contributed by atoms with Gasteiger partial charge >= 0.3 is 0 Å². The van der Waals surface area contributed by atoms with E-state index in [0.717, 1.165) is 15.3 Å². The van der Waals surface area contributed by atoms with Crippen molar-refractivity contribution in [2.75, 3.05) is 18.4 Å². The molecule has 3 heterocycles. The molecule has 0 spiro atoms. The van der Waals surface area contributed by atoms with Gasteiger partial charge in [0.2, 0.25) is 27.6 Å². The molecule has 31 heavy (non-hydrogen) atoms. The molecule has 1 aliphatic heterocycles. The summed E-state index contributed by atoms with van der Waals surface area (Å²) >= 11 is 1.47. The summed E-state index contributed by atoms with van der Waals surface area (Å²) < 4.78 is 32.5. The molecule has 1 aliphatic rings. The van der Waals surface area contributed by atoms with Crippen molar-refractivity contribution in [3.8, 4) is 10.7 Å². The summed E-state index contributed by atoms with van der Waals surface area (Å²) in [7, 11) is -3.63. The van der Waals surface area contributed by atoms with Crippen LogP contribution in [0.2, 0.25) is 0 Å². The quantitative estimate of drug-likeness (QED) is 0.621. The predicted octanol–water partition coefficient (Wildman–Crippen LogP) is 3.76. The zero-order valence-corrected chi connectivity index (χ0v) is 19.2. The molecule has 0 saturated carbocycles. The molecule has 0 aliphatic carbocycles. The first-order valence-electron chi connectivity index (χ1n) is 10.0. The van der Waals surface area contributed by atoms with E-state index in [4.69, 9.17) is 4.52 Å². The van der Waals surface area contributed by atoms with E-state index in [1.54, 1.807) is 31.2 Å². The number of nitrogens with zero attached hydrogens (tertiary/aromatic N) is 3. The van der Waals surface area contributed by atoms with Gasteiger partial charge in [-0.05, 0) is 44.9 Å². The number of aryl methyl sites for hydroxylation is 3. The van der Waals surface area contributed by atoms with Crippen molar-refractivity contribution >= 4 is 33.0 Å². The van der Waals surface area contributed by atoms with E-state index >= 15 is 0 Å². The van der Waals surface area contributed by atoms with Crippen LogP contribution in [0.1, 0.15) is 29.2 Å². The van der Waals surface area contributed by atoms with Gasteiger partial charge in [-0.15, -0.1) is 11.3 Å². The monoisotopic (exact) mass is 460 g/mol. The first kappa shape index (κ1) is 21.7. The Balaban J connectivity index is 1.47. The van der Waals surface area contributed by atoms with E-state index < -0.39 is 15.9 Å². The van der Waals surface area contributed by atoms with Gasteiger partial charge < -0.3 is 9.84 Å². The molecule has 1 amide bonds. The molecule has 0 unspecified atom stereocenters. The Hall–Kier alpha value is -2.56. The van der Waals surface area contributed by atoms with Crippen LogP contribution in [-0.2, 0) is 14.8 Å². The van der Waals surface area contributed by atoms with Gasteiger partial charge in [0.05, 0.1) is 21.4 Å². The molecule has 1 aromatic carbocycles. The average Bonchev–Trinajstić information content (AvgIpc) is 3.34. The lowest BCUT2D eigenvalue weighted by molar-refractivity contribution is -0.120. The highest BCUT2D eigenvalue weighted by molar-refractivity contribution is 7.89. The van der Waals surface area contributed by atoms with E-state index in [-0.39, 0.29) is 17.3 Å². The molecule has 4 rings (SSSR count). The molecule has 0 radical (unpaired) electrons. The van der Waals surface area contributed by atoms with Gasteiger partial charge in [-0.25, -0.2) is 8.42 Å². The molecule has 164 valence electrons. The number of piperidine rings is 1. The maximum absolute atomic E-state index is 13.0. The molecular formula is C21H24N4O4S2. The Morgan fingerprint density at radius 1 is 1.23 bits per heavy atom. The van der Waals surface area contributed by atoms with Gasteiger partial charge in [0.15, 0.2) is 0 Å². The number of thiophene rings is 1. The van der Waals surface area contributed by atoms with Gasteiger partial charge in [0.25, 0.3) is 0 Å². The maximum Gasteiger partial charge on any atom is 0.243 e. The van der Waals surface area contributed by atoms with Crippen LogP contribution in [-0.4, -0.2) is 41.9 Å². The minimum atomic E-state index is -3.63. The number of sulfonamides is 1. The predicted molar refractivity (Wildman–Crippen MR) is 118 cm³/mol. The summed E-state index contributed by atoms with van der Waals surface area (Å²) in [4.78, 5) is 19.1. The second kappa shape index (κ2) is 8.52. The number of amides is 1. The number of carbonyl (C=O) groups is 1. The van der Waals surface area contributed by atoms with Gasteiger partial charge in [-0.3, -0.25) is 4.79 Å². The summed E-state index contributed by atoms with van der Waals surface area (Å²) in [5.41, 5.74) is 1.68. The maximum atomic E-state index is 13.0. The first-order valence-corrected chi connectivity index (χ1v) is 12.3. The molecule has 2 aromatic heterocycles. The summed E-state index contributed by atoms with van der Waals surface area (Å²) in [6, 6.07) is 8.62. The average molecular weight is 461 g/mol. The molecule has 1 N–H and O–H groups in total. The second-order valence-corrected chi connectivity index (χ2v) is 10.9. The van der Waals surface area contributed by atoms with Crippen molar-refractivity contribution in [2.24, 2.45) is 5.92 Å². The number of carbonyl (C=O) groups excluding carboxylic acids is 1. The molecule has 10 heteroatoms. The summed E-state index contributed by atoms with van der Waals surface area (Å²) in [5.74, 6) is 0.368. The summed E-state index contributed by atoms with van der Waals surface area (Å²) in [6.45, 7) is 6.13. The zero-order chi connectivity index (χ0) is 22.2. The highest BCUT2D eigenvalue weighted by atomic mass is 32.2. The Bertz CT molecular complexity index is 1200. The minimum absolute atomic E-state index is 0.169. The molecular weight excluding hydrogens is 436 g/mol. The zero-order valence-electron chi connectivity index (χ0n) is 17.6. The SMILES string of the molecule is Cc1ccc(S(=O)(=O)N2CCC[C@H](C(=O)Nc3cc(-c4noc(C)n4)sc3C)C2)cc1. The third-order valence-corrected chi connectivity index (χ3v) is 8.26. The van der Waals surface area contributed by atoms with Gasteiger partial charge in [0, 0.05) is 24.9 Å². The number of benzene rings is 1. The van der Waals surface area contributed by atoms with Crippen molar-refractivity contribution < 1.29 is 17.7 Å². The van der Waals surface area contributed by atoms with Gasteiger partial charge in [0.1, 0.15) is 0 Å². The fraction of sp³-hybridized carbons (Fsp3) is 0.381. The van der Waals surface area contributed by atoms with Crippen molar-refractivity contribution in [1.82, 2.24) is 14.4 Å². The van der Waals surface area contributed by atoms with Crippen molar-refractivity contribution in [1.29, 1.82) is 0 Å². The minimum Gasteiger partial charge on any atom is -0.339 e. The smallest absolute Gasteiger partial charge is 0.243 e. The van der Waals surface area contributed by atoms with Crippen LogP contribution < -0.4 is 5.32 Å². The molecule has 3 aromatic rings. The number of rotatable bonds is 5. The fourth-order valence-electron chi connectivity index (χ4n) is 3.58. The highest BCUT2D eigenvalue weighted by Crippen LogP contribution is 2.33. The van der Waals surface area contributed by atoms with E-state index in [1.807, 2.05) is 19.9 Å². The Morgan fingerprint density at radius 2 is 1.97 bits per heavy atom. The normalized spacial score (nSPS) is 17.6. The van der Waals surface area contributed by atoms with Crippen LogP contribution in [0.15, 0.2) is 39.8 Å². The summed E-state index contributed by atoms with van der Waals surface area (Å²) in [6.07, 6.45) is 1.28. The van der Waals surface area contributed by atoms with Crippen molar-refractivity contribution in [3.05, 3.63) is 46.7 Å².